The van der Waals surface area contributed by atoms with E-state index in [0.717, 1.165) is 4.90 Å². The van der Waals surface area contributed by atoms with E-state index in [1.807, 2.05) is 12.2 Å². The molecular formula is C18H13F3N4O3S. The number of aromatic nitrogens is 2. The molecular weight excluding hydrogens is 409 g/mol. The minimum absolute atomic E-state index is 0.135. The number of nitrogens with one attached hydrogen (secondary N) is 1. The Morgan fingerprint density at radius 1 is 1.03 bits per heavy atom. The third kappa shape index (κ3) is 3.53. The van der Waals surface area contributed by atoms with Gasteiger partial charge in [-0.05, 0) is 37.1 Å². The molecule has 0 radical (unpaired) electrons. The van der Waals surface area contributed by atoms with Crippen LogP contribution in [0.4, 0.5) is 24.0 Å². The van der Waals surface area contributed by atoms with E-state index in [9.17, 15) is 27.6 Å². The molecule has 1 aliphatic carbocycles. The molecule has 1 aromatic heterocycles. The first-order valence-electron chi connectivity index (χ1n) is 8.60. The quantitative estimate of drug-likeness (QED) is 0.606. The molecule has 2 atom stereocenters. The van der Waals surface area contributed by atoms with Crippen LogP contribution in [-0.4, -0.2) is 27.9 Å². The van der Waals surface area contributed by atoms with Gasteiger partial charge in [0.25, 0.3) is 5.91 Å². The molecule has 0 bridgehead atoms. The van der Waals surface area contributed by atoms with Gasteiger partial charge in [0, 0.05) is 5.56 Å². The first-order chi connectivity index (χ1) is 13.8. The van der Waals surface area contributed by atoms with Gasteiger partial charge in [-0.2, -0.15) is 13.2 Å². The molecule has 11 heteroatoms. The van der Waals surface area contributed by atoms with E-state index in [-0.39, 0.29) is 45.7 Å². The normalized spacial score (nSPS) is 21.4. The second kappa shape index (κ2) is 7.07. The lowest BCUT2D eigenvalue weighted by Crippen LogP contribution is -2.30. The van der Waals surface area contributed by atoms with E-state index in [2.05, 4.69) is 15.5 Å². The highest BCUT2D eigenvalue weighted by molar-refractivity contribution is 7.15. The number of imide groups is 1. The molecule has 0 spiro atoms. The first kappa shape index (κ1) is 19.2. The van der Waals surface area contributed by atoms with E-state index in [4.69, 9.17) is 0 Å². The van der Waals surface area contributed by atoms with E-state index in [1.54, 1.807) is 0 Å². The van der Waals surface area contributed by atoms with Crippen molar-refractivity contribution in [3.8, 4) is 0 Å². The fourth-order valence-electron chi connectivity index (χ4n) is 3.37. The molecule has 1 aromatic carbocycles. The largest absolute Gasteiger partial charge is 0.445 e. The van der Waals surface area contributed by atoms with Gasteiger partial charge in [0.2, 0.25) is 22.0 Å². The number of anilines is 2. The van der Waals surface area contributed by atoms with Crippen molar-refractivity contribution in [1.82, 2.24) is 10.2 Å². The zero-order valence-electron chi connectivity index (χ0n) is 14.6. The molecule has 4 rings (SSSR count). The Morgan fingerprint density at radius 3 is 2.14 bits per heavy atom. The molecule has 7 nitrogen and oxygen atoms in total. The Bertz CT molecular complexity index is 990. The zero-order chi connectivity index (χ0) is 20.8. The van der Waals surface area contributed by atoms with Crippen molar-refractivity contribution >= 4 is 39.9 Å². The second-order valence-corrected chi connectivity index (χ2v) is 7.56. The molecule has 1 N–H and O–H groups in total. The summed E-state index contributed by atoms with van der Waals surface area (Å²) < 4.78 is 37.7. The fraction of sp³-hybridized carbons (Fsp3) is 0.278. The summed E-state index contributed by atoms with van der Waals surface area (Å²) >= 11 is 0.216. The summed E-state index contributed by atoms with van der Waals surface area (Å²) in [6.07, 6.45) is 0.188. The van der Waals surface area contributed by atoms with E-state index in [0.29, 0.717) is 18.5 Å². The van der Waals surface area contributed by atoms with Crippen LogP contribution in [0.3, 0.4) is 0 Å². The summed E-state index contributed by atoms with van der Waals surface area (Å²) in [6, 6.07) is 5.68. The fourth-order valence-corrected chi connectivity index (χ4v) is 3.98. The van der Waals surface area contributed by atoms with Crippen molar-refractivity contribution in [3.63, 3.8) is 0 Å². The highest BCUT2D eigenvalue weighted by Gasteiger charge is 2.47. The van der Waals surface area contributed by atoms with Gasteiger partial charge in [0.15, 0.2) is 0 Å². The van der Waals surface area contributed by atoms with E-state index < -0.39 is 17.1 Å². The Balaban J connectivity index is 1.48. The molecule has 2 aromatic rings. The Morgan fingerprint density at radius 2 is 1.62 bits per heavy atom. The second-order valence-electron chi connectivity index (χ2n) is 6.58. The molecule has 3 amide bonds. The standard InChI is InChI=1S/C18H13F3N4O3S/c19-18(20,21)16-23-24-17(29-16)22-13(26)9-5-7-10(8-6-9)25-14(27)11-3-1-2-4-12(11)15(25)28/h1-2,5-8,11-12H,3-4H2,(H,22,24,26). The summed E-state index contributed by atoms with van der Waals surface area (Å²) in [5.41, 5.74) is 0.483. The summed E-state index contributed by atoms with van der Waals surface area (Å²) in [6.45, 7) is 0. The Labute approximate surface area is 166 Å². The van der Waals surface area contributed by atoms with Crippen LogP contribution in [0, 0.1) is 11.8 Å². The van der Waals surface area contributed by atoms with Crippen LogP contribution in [0.25, 0.3) is 0 Å². The number of amides is 3. The van der Waals surface area contributed by atoms with Crippen LogP contribution in [0.1, 0.15) is 28.2 Å². The van der Waals surface area contributed by atoms with Gasteiger partial charge in [0.05, 0.1) is 17.5 Å². The van der Waals surface area contributed by atoms with Crippen molar-refractivity contribution in [1.29, 1.82) is 0 Å². The van der Waals surface area contributed by atoms with Crippen molar-refractivity contribution in [2.75, 3.05) is 10.2 Å². The predicted molar refractivity (Wildman–Crippen MR) is 97.2 cm³/mol. The van der Waals surface area contributed by atoms with Crippen LogP contribution in [0.15, 0.2) is 36.4 Å². The molecule has 1 saturated heterocycles. The molecule has 150 valence electrons. The zero-order valence-corrected chi connectivity index (χ0v) is 15.5. The minimum atomic E-state index is -4.64. The molecule has 2 unspecified atom stereocenters. The third-order valence-corrected chi connectivity index (χ3v) is 5.67. The third-order valence-electron chi connectivity index (χ3n) is 4.78. The Hall–Kier alpha value is -3.08. The number of rotatable bonds is 3. The lowest BCUT2D eigenvalue weighted by molar-refractivity contribution is -0.138. The number of carbonyl (C=O) groups excluding carboxylic acids is 3. The molecule has 1 fully saturated rings. The SMILES string of the molecule is O=C(Nc1nnc(C(F)(F)F)s1)c1ccc(N2C(=O)C3CC=CCC3C2=O)cc1. The van der Waals surface area contributed by atoms with Crippen LogP contribution in [0.5, 0.6) is 0 Å². The monoisotopic (exact) mass is 422 g/mol. The average molecular weight is 422 g/mol. The molecule has 0 saturated carbocycles. The van der Waals surface area contributed by atoms with Crippen molar-refractivity contribution < 1.29 is 27.6 Å². The number of halogens is 3. The van der Waals surface area contributed by atoms with Gasteiger partial charge >= 0.3 is 6.18 Å². The molecule has 2 aliphatic rings. The predicted octanol–water partition coefficient (Wildman–Crippen LogP) is 3.26. The van der Waals surface area contributed by atoms with Crippen LogP contribution in [0.2, 0.25) is 0 Å². The Kier molecular flexibility index (Phi) is 4.69. The summed E-state index contributed by atoms with van der Waals surface area (Å²) in [5.74, 6) is -1.95. The van der Waals surface area contributed by atoms with Crippen LogP contribution in [-0.2, 0) is 15.8 Å². The summed E-state index contributed by atoms with van der Waals surface area (Å²) in [5, 5.41) is 7.10. The molecule has 29 heavy (non-hydrogen) atoms. The molecule has 1 aliphatic heterocycles. The topological polar surface area (TPSA) is 92.3 Å². The summed E-state index contributed by atoms with van der Waals surface area (Å²) in [7, 11) is 0. The number of nitrogens with zero attached hydrogens (tertiary/aromatic N) is 3. The van der Waals surface area contributed by atoms with E-state index in [1.165, 1.54) is 24.3 Å². The van der Waals surface area contributed by atoms with Crippen molar-refractivity contribution in [2.24, 2.45) is 11.8 Å². The van der Waals surface area contributed by atoms with Gasteiger partial charge in [0.1, 0.15) is 0 Å². The number of benzene rings is 1. The number of alkyl halides is 3. The van der Waals surface area contributed by atoms with Gasteiger partial charge in [-0.1, -0.05) is 23.5 Å². The number of allylic oxidation sites excluding steroid dienone is 2. The number of fused-ring (bicyclic) bond motifs is 1. The van der Waals surface area contributed by atoms with Crippen molar-refractivity contribution in [3.05, 3.63) is 47.0 Å². The lowest BCUT2D eigenvalue weighted by atomic mass is 9.85. The van der Waals surface area contributed by atoms with Crippen LogP contribution < -0.4 is 10.2 Å². The lowest BCUT2D eigenvalue weighted by Gasteiger charge is -2.15. The highest BCUT2D eigenvalue weighted by atomic mass is 32.1. The number of carbonyl (C=O) groups is 3. The first-order valence-corrected chi connectivity index (χ1v) is 9.42. The van der Waals surface area contributed by atoms with E-state index >= 15 is 0 Å². The van der Waals surface area contributed by atoms with Gasteiger partial charge in [-0.3, -0.25) is 24.6 Å². The minimum Gasteiger partial charge on any atom is -0.296 e. The molecule has 2 heterocycles. The van der Waals surface area contributed by atoms with Crippen molar-refractivity contribution in [2.45, 2.75) is 19.0 Å². The average Bonchev–Trinajstić information content (AvgIpc) is 3.26. The maximum Gasteiger partial charge on any atom is 0.445 e. The van der Waals surface area contributed by atoms with Gasteiger partial charge in [-0.25, -0.2) is 0 Å². The summed E-state index contributed by atoms with van der Waals surface area (Å²) in [4.78, 5) is 38.5. The van der Waals surface area contributed by atoms with Crippen LogP contribution >= 0.6 is 11.3 Å². The maximum atomic E-state index is 12.6. The number of hydrogen-bond acceptors (Lipinski definition) is 6. The smallest absolute Gasteiger partial charge is 0.296 e. The van der Waals surface area contributed by atoms with Gasteiger partial charge in [-0.15, -0.1) is 10.2 Å². The van der Waals surface area contributed by atoms with Gasteiger partial charge < -0.3 is 0 Å². The maximum absolute atomic E-state index is 12.6. The number of hydrogen-bond donors (Lipinski definition) is 1. The highest BCUT2D eigenvalue weighted by Crippen LogP contribution is 2.37.